The van der Waals surface area contributed by atoms with Crippen molar-refractivity contribution in [1.82, 2.24) is 9.78 Å². The van der Waals surface area contributed by atoms with Gasteiger partial charge in [-0.1, -0.05) is 64.4 Å². The molecule has 0 saturated carbocycles. The number of nitrogens with zero attached hydrogens (tertiary/aromatic N) is 2. The van der Waals surface area contributed by atoms with E-state index < -0.39 is 0 Å². The van der Waals surface area contributed by atoms with E-state index in [1.165, 1.54) is 5.56 Å². The Balaban J connectivity index is 1.75. The lowest BCUT2D eigenvalue weighted by atomic mass is 9.93. The van der Waals surface area contributed by atoms with Gasteiger partial charge in [-0.2, -0.15) is 5.10 Å². The summed E-state index contributed by atoms with van der Waals surface area (Å²) in [5.41, 5.74) is 3.40. The van der Waals surface area contributed by atoms with Crippen LogP contribution < -0.4 is 4.74 Å². The molecule has 26 heavy (non-hydrogen) atoms. The summed E-state index contributed by atoms with van der Waals surface area (Å²) in [6.45, 7) is 8.71. The highest BCUT2D eigenvalue weighted by Crippen LogP contribution is 2.27. The van der Waals surface area contributed by atoms with Gasteiger partial charge in [-0.3, -0.25) is 0 Å². The van der Waals surface area contributed by atoms with Crippen LogP contribution in [0.5, 0.6) is 5.75 Å². The maximum absolute atomic E-state index is 6.26. The van der Waals surface area contributed by atoms with Gasteiger partial charge >= 0.3 is 0 Å². The molecule has 3 heteroatoms. The van der Waals surface area contributed by atoms with E-state index in [1.54, 1.807) is 0 Å². The molecule has 1 heterocycles. The maximum atomic E-state index is 6.26. The first-order valence-electron chi connectivity index (χ1n) is 9.35. The van der Waals surface area contributed by atoms with Crippen molar-refractivity contribution in [3.8, 4) is 11.4 Å². The van der Waals surface area contributed by atoms with E-state index in [9.17, 15) is 0 Å². The summed E-state index contributed by atoms with van der Waals surface area (Å²) in [6, 6.07) is 20.7. The van der Waals surface area contributed by atoms with Crippen molar-refractivity contribution < 1.29 is 4.74 Å². The van der Waals surface area contributed by atoms with Crippen LogP contribution in [0.2, 0.25) is 0 Å². The second-order valence-electron chi connectivity index (χ2n) is 7.70. The van der Waals surface area contributed by atoms with Crippen molar-refractivity contribution in [2.24, 2.45) is 0 Å². The van der Waals surface area contributed by atoms with Gasteiger partial charge in [0.15, 0.2) is 0 Å². The highest BCUT2D eigenvalue weighted by atomic mass is 16.5. The Bertz CT molecular complexity index is 813. The monoisotopic (exact) mass is 348 g/mol. The Hall–Kier alpha value is -2.55. The Labute approximate surface area is 156 Å². The lowest BCUT2D eigenvalue weighted by Gasteiger charge is -2.19. The minimum Gasteiger partial charge on any atom is -0.486 e. The zero-order valence-electron chi connectivity index (χ0n) is 16.1. The summed E-state index contributed by atoms with van der Waals surface area (Å²) in [5, 5.41) is 4.70. The SMILES string of the molecule is CCCC(Oc1ccc(-n2ccc(C(C)(C)C)n2)cc1)c1ccccc1. The van der Waals surface area contributed by atoms with Crippen LogP contribution in [-0.4, -0.2) is 9.78 Å². The molecule has 1 atom stereocenters. The van der Waals surface area contributed by atoms with Crippen molar-refractivity contribution in [2.75, 3.05) is 0 Å². The topological polar surface area (TPSA) is 27.1 Å². The summed E-state index contributed by atoms with van der Waals surface area (Å²) in [7, 11) is 0. The van der Waals surface area contributed by atoms with Gasteiger partial charge in [-0.25, -0.2) is 4.68 Å². The van der Waals surface area contributed by atoms with Crippen molar-refractivity contribution in [2.45, 2.75) is 52.1 Å². The minimum atomic E-state index is 0.0529. The third-order valence-corrected chi connectivity index (χ3v) is 4.46. The van der Waals surface area contributed by atoms with Crippen LogP contribution in [0.15, 0.2) is 66.9 Å². The summed E-state index contributed by atoms with van der Waals surface area (Å²) in [6.07, 6.45) is 4.19. The lowest BCUT2D eigenvalue weighted by Crippen LogP contribution is -2.12. The summed E-state index contributed by atoms with van der Waals surface area (Å²) < 4.78 is 8.18. The highest BCUT2D eigenvalue weighted by molar-refractivity contribution is 5.37. The van der Waals surface area contributed by atoms with Crippen LogP contribution >= 0.6 is 0 Å². The fourth-order valence-electron chi connectivity index (χ4n) is 2.93. The van der Waals surface area contributed by atoms with Crippen LogP contribution in [0.4, 0.5) is 0 Å². The molecule has 3 aromatic rings. The average molecular weight is 348 g/mol. The fraction of sp³-hybridized carbons (Fsp3) is 0.348. The van der Waals surface area contributed by atoms with E-state index in [-0.39, 0.29) is 11.5 Å². The molecule has 3 nitrogen and oxygen atoms in total. The summed E-state index contributed by atoms with van der Waals surface area (Å²) in [5.74, 6) is 0.888. The first kappa shape index (κ1) is 18.2. The second-order valence-corrected chi connectivity index (χ2v) is 7.70. The number of benzene rings is 2. The first-order chi connectivity index (χ1) is 12.5. The Kier molecular flexibility index (Phi) is 5.46. The first-order valence-corrected chi connectivity index (χ1v) is 9.35. The van der Waals surface area contributed by atoms with Gasteiger partial charge in [0.1, 0.15) is 11.9 Å². The van der Waals surface area contributed by atoms with Crippen molar-refractivity contribution >= 4 is 0 Å². The molecule has 0 N–H and O–H groups in total. The van der Waals surface area contributed by atoms with Gasteiger partial charge in [0.2, 0.25) is 0 Å². The van der Waals surface area contributed by atoms with E-state index in [4.69, 9.17) is 9.84 Å². The number of hydrogen-bond acceptors (Lipinski definition) is 2. The molecule has 0 fully saturated rings. The molecule has 0 radical (unpaired) electrons. The third kappa shape index (κ3) is 4.34. The number of ether oxygens (including phenoxy) is 1. The van der Waals surface area contributed by atoms with E-state index >= 15 is 0 Å². The number of rotatable bonds is 6. The van der Waals surface area contributed by atoms with E-state index in [1.807, 2.05) is 29.1 Å². The zero-order valence-corrected chi connectivity index (χ0v) is 16.1. The molecule has 1 unspecified atom stereocenters. The highest BCUT2D eigenvalue weighted by Gasteiger charge is 2.17. The summed E-state index contributed by atoms with van der Waals surface area (Å²) in [4.78, 5) is 0. The largest absolute Gasteiger partial charge is 0.486 e. The van der Waals surface area contributed by atoms with Crippen molar-refractivity contribution in [3.63, 3.8) is 0 Å². The number of aromatic nitrogens is 2. The molecular weight excluding hydrogens is 320 g/mol. The normalized spacial score (nSPS) is 12.8. The molecule has 0 amide bonds. The predicted octanol–water partition coefficient (Wildman–Crippen LogP) is 6.09. The Morgan fingerprint density at radius 3 is 2.23 bits per heavy atom. The van der Waals surface area contributed by atoms with Crippen molar-refractivity contribution in [3.05, 3.63) is 78.1 Å². The molecule has 0 aliphatic rings. The lowest BCUT2D eigenvalue weighted by molar-refractivity contribution is 0.194. The molecule has 0 aliphatic heterocycles. The standard InChI is InChI=1S/C23H28N2O/c1-5-9-21(18-10-7-6-8-11-18)26-20-14-12-19(13-15-20)25-17-16-22(24-25)23(2,3)4/h6-8,10-17,21H,5,9H2,1-4H3. The van der Waals surface area contributed by atoms with E-state index in [2.05, 4.69) is 70.2 Å². The Morgan fingerprint density at radius 1 is 0.962 bits per heavy atom. The molecule has 136 valence electrons. The minimum absolute atomic E-state index is 0.0529. The molecular formula is C23H28N2O. The van der Waals surface area contributed by atoms with Gasteiger partial charge < -0.3 is 4.74 Å². The van der Waals surface area contributed by atoms with Gasteiger partial charge in [0, 0.05) is 11.6 Å². The van der Waals surface area contributed by atoms with E-state index in [0.29, 0.717) is 0 Å². The number of hydrogen-bond donors (Lipinski definition) is 0. The van der Waals surface area contributed by atoms with Crippen LogP contribution in [-0.2, 0) is 5.41 Å². The second kappa shape index (κ2) is 7.77. The molecule has 3 rings (SSSR count). The van der Waals surface area contributed by atoms with Gasteiger partial charge in [-0.05, 0) is 42.3 Å². The molecule has 2 aromatic carbocycles. The molecule has 0 bridgehead atoms. The Morgan fingerprint density at radius 2 is 1.65 bits per heavy atom. The van der Waals surface area contributed by atoms with Crippen LogP contribution in [0.25, 0.3) is 5.69 Å². The molecule has 1 aromatic heterocycles. The van der Waals surface area contributed by atoms with Gasteiger partial charge in [-0.15, -0.1) is 0 Å². The maximum Gasteiger partial charge on any atom is 0.124 e. The van der Waals surface area contributed by atoms with Gasteiger partial charge in [0.25, 0.3) is 0 Å². The fourth-order valence-corrected chi connectivity index (χ4v) is 2.93. The summed E-state index contributed by atoms with van der Waals surface area (Å²) >= 11 is 0. The van der Waals surface area contributed by atoms with Gasteiger partial charge in [0.05, 0.1) is 11.4 Å². The zero-order chi connectivity index (χ0) is 18.6. The molecule has 0 aliphatic carbocycles. The quantitative estimate of drug-likeness (QED) is 0.539. The third-order valence-electron chi connectivity index (χ3n) is 4.46. The smallest absolute Gasteiger partial charge is 0.124 e. The molecule has 0 spiro atoms. The van der Waals surface area contributed by atoms with Crippen LogP contribution in [0.3, 0.4) is 0 Å². The van der Waals surface area contributed by atoms with Crippen LogP contribution in [0.1, 0.15) is 57.9 Å². The van der Waals surface area contributed by atoms with Crippen LogP contribution in [0, 0.1) is 0 Å². The van der Waals surface area contributed by atoms with E-state index in [0.717, 1.165) is 30.0 Å². The molecule has 0 saturated heterocycles. The average Bonchev–Trinajstić information content (AvgIpc) is 3.13. The predicted molar refractivity (Wildman–Crippen MR) is 107 cm³/mol. The van der Waals surface area contributed by atoms with Crippen molar-refractivity contribution in [1.29, 1.82) is 0 Å².